The third-order valence-electron chi connectivity index (χ3n) is 6.36. The quantitative estimate of drug-likeness (QED) is 0.904. The van der Waals surface area contributed by atoms with Crippen molar-refractivity contribution in [3.05, 3.63) is 18.2 Å². The number of carbonyl (C=O) groups is 1. The summed E-state index contributed by atoms with van der Waals surface area (Å²) in [6, 6.07) is 5.89. The fraction of sp³-hybridized carbons (Fsp3) is 0.579. The fourth-order valence-corrected chi connectivity index (χ4v) is 6.57. The number of anilines is 1. The Labute approximate surface area is 145 Å². The van der Waals surface area contributed by atoms with Crippen molar-refractivity contribution in [3.63, 3.8) is 0 Å². The summed E-state index contributed by atoms with van der Waals surface area (Å²) in [7, 11) is 1.65. The summed E-state index contributed by atoms with van der Waals surface area (Å²) in [5, 5.41) is 3.83. The number of benzene rings is 1. The molecule has 1 aromatic carbocycles. The molecular formula is C19H22N2O2S. The molecule has 1 heterocycles. The van der Waals surface area contributed by atoms with Gasteiger partial charge < -0.3 is 10.1 Å². The number of ether oxygens (including phenoxy) is 1. The molecule has 1 aromatic heterocycles. The zero-order chi connectivity index (χ0) is 16.3. The van der Waals surface area contributed by atoms with Gasteiger partial charge in [-0.25, -0.2) is 4.98 Å². The topological polar surface area (TPSA) is 51.2 Å². The third kappa shape index (κ3) is 2.25. The molecule has 0 aliphatic heterocycles. The summed E-state index contributed by atoms with van der Waals surface area (Å²) in [5.41, 5.74) is 0.838. The lowest BCUT2D eigenvalue weighted by Gasteiger charge is -2.53. The summed E-state index contributed by atoms with van der Waals surface area (Å²) >= 11 is 1.53. The van der Waals surface area contributed by atoms with E-state index in [2.05, 4.69) is 10.3 Å². The van der Waals surface area contributed by atoms with Crippen LogP contribution in [0.4, 0.5) is 5.13 Å². The lowest BCUT2D eigenvalue weighted by atomic mass is 9.51. The maximum Gasteiger partial charge on any atom is 0.229 e. The van der Waals surface area contributed by atoms with E-state index in [1.54, 1.807) is 7.11 Å². The molecule has 4 aliphatic rings. The number of methoxy groups -OCH3 is 1. The molecular weight excluding hydrogens is 320 g/mol. The molecule has 4 aliphatic carbocycles. The average Bonchev–Trinajstić information content (AvgIpc) is 2.95. The molecule has 0 spiro atoms. The normalized spacial score (nSPS) is 33.8. The van der Waals surface area contributed by atoms with Crippen molar-refractivity contribution >= 4 is 32.6 Å². The van der Waals surface area contributed by atoms with Crippen molar-refractivity contribution in [1.29, 1.82) is 0 Å². The number of fused-ring (bicyclic) bond motifs is 1. The van der Waals surface area contributed by atoms with Crippen molar-refractivity contribution in [2.45, 2.75) is 32.1 Å². The second-order valence-electron chi connectivity index (χ2n) is 7.77. The van der Waals surface area contributed by atoms with E-state index < -0.39 is 0 Å². The minimum atomic E-state index is 0.196. The first-order chi connectivity index (χ1) is 11.7. The number of carbonyl (C=O) groups excluding carboxylic acids is 1. The Balaban J connectivity index is 1.39. The molecule has 2 aromatic rings. The molecule has 0 unspecified atom stereocenters. The van der Waals surface area contributed by atoms with Gasteiger partial charge in [0.25, 0.3) is 0 Å². The molecule has 4 saturated carbocycles. The second-order valence-corrected chi connectivity index (χ2v) is 8.80. The Morgan fingerprint density at radius 2 is 1.88 bits per heavy atom. The Morgan fingerprint density at radius 1 is 1.17 bits per heavy atom. The smallest absolute Gasteiger partial charge is 0.229 e. The molecule has 1 N–H and O–H groups in total. The molecule has 4 nitrogen and oxygen atoms in total. The van der Waals surface area contributed by atoms with Gasteiger partial charge in [0.05, 0.1) is 11.8 Å². The second kappa shape index (κ2) is 5.45. The van der Waals surface area contributed by atoms with Gasteiger partial charge in [-0.3, -0.25) is 4.79 Å². The van der Waals surface area contributed by atoms with Crippen LogP contribution < -0.4 is 10.1 Å². The predicted molar refractivity (Wildman–Crippen MR) is 95.3 cm³/mol. The Morgan fingerprint density at radius 3 is 2.54 bits per heavy atom. The van der Waals surface area contributed by atoms with Crippen molar-refractivity contribution in [2.24, 2.45) is 29.6 Å². The van der Waals surface area contributed by atoms with Crippen molar-refractivity contribution in [2.75, 3.05) is 12.4 Å². The highest BCUT2D eigenvalue weighted by Crippen LogP contribution is 2.56. The number of hydrogen-bond acceptors (Lipinski definition) is 4. The number of nitrogens with zero attached hydrogens (tertiary/aromatic N) is 1. The van der Waals surface area contributed by atoms with Gasteiger partial charge in [-0.15, -0.1) is 0 Å². The van der Waals surface area contributed by atoms with Gasteiger partial charge >= 0.3 is 0 Å². The Hall–Kier alpha value is -1.62. The minimum absolute atomic E-state index is 0.196. The number of para-hydroxylation sites is 1. The molecule has 0 saturated heterocycles. The van der Waals surface area contributed by atoms with Crippen LogP contribution in [0, 0.1) is 29.6 Å². The van der Waals surface area contributed by atoms with Crippen LogP contribution in [0.3, 0.4) is 0 Å². The van der Waals surface area contributed by atoms with Gasteiger partial charge in [-0.2, -0.15) is 0 Å². The summed E-state index contributed by atoms with van der Waals surface area (Å²) in [6.45, 7) is 0. The maximum absolute atomic E-state index is 13.0. The fourth-order valence-electron chi connectivity index (χ4n) is 5.68. The van der Waals surface area contributed by atoms with Crippen LogP contribution in [0.25, 0.3) is 10.2 Å². The number of nitrogens with one attached hydrogen (secondary N) is 1. The first-order valence-electron chi connectivity index (χ1n) is 8.95. The van der Waals surface area contributed by atoms with Crippen molar-refractivity contribution < 1.29 is 9.53 Å². The van der Waals surface area contributed by atoms with E-state index in [1.807, 2.05) is 18.2 Å². The SMILES string of the molecule is COc1cccc2sc(NC(=O)C3C4CC5CC(C4)CC3C5)nc12. The Kier molecular flexibility index (Phi) is 3.34. The molecule has 0 atom stereocenters. The van der Waals surface area contributed by atoms with Crippen LogP contribution in [0.15, 0.2) is 18.2 Å². The third-order valence-corrected chi connectivity index (χ3v) is 7.30. The van der Waals surface area contributed by atoms with Crippen LogP contribution >= 0.6 is 11.3 Å². The van der Waals surface area contributed by atoms with E-state index in [9.17, 15) is 4.79 Å². The lowest BCUT2D eigenvalue weighted by Crippen LogP contribution is -2.49. The molecule has 1 amide bonds. The van der Waals surface area contributed by atoms with E-state index in [0.717, 1.165) is 27.8 Å². The van der Waals surface area contributed by atoms with Crippen LogP contribution in [0.5, 0.6) is 5.75 Å². The highest BCUT2D eigenvalue weighted by atomic mass is 32.1. The summed E-state index contributed by atoms with van der Waals surface area (Å²) in [4.78, 5) is 17.6. The number of rotatable bonds is 3. The van der Waals surface area contributed by atoms with Crippen LogP contribution in [-0.2, 0) is 4.79 Å². The van der Waals surface area contributed by atoms with Gasteiger partial charge in [0.2, 0.25) is 5.91 Å². The van der Waals surface area contributed by atoms with Gasteiger partial charge in [0.1, 0.15) is 11.3 Å². The van der Waals surface area contributed by atoms with Gasteiger partial charge in [-0.1, -0.05) is 17.4 Å². The average molecular weight is 342 g/mol. The molecule has 6 rings (SSSR count). The zero-order valence-corrected chi connectivity index (χ0v) is 14.6. The minimum Gasteiger partial charge on any atom is -0.494 e. The lowest BCUT2D eigenvalue weighted by molar-refractivity contribution is -0.132. The van der Waals surface area contributed by atoms with Gasteiger partial charge in [0, 0.05) is 5.92 Å². The van der Waals surface area contributed by atoms with Crippen LogP contribution in [-0.4, -0.2) is 18.0 Å². The molecule has 4 bridgehead atoms. The van der Waals surface area contributed by atoms with E-state index in [-0.39, 0.29) is 11.8 Å². The summed E-state index contributed by atoms with van der Waals surface area (Å²) in [6.07, 6.45) is 6.47. The van der Waals surface area contributed by atoms with Gasteiger partial charge in [-0.05, 0) is 67.9 Å². The van der Waals surface area contributed by atoms with Gasteiger partial charge in [0.15, 0.2) is 5.13 Å². The standard InChI is InChI=1S/C19H22N2O2S/c1-23-14-3-2-4-15-17(14)20-19(24-15)21-18(22)16-12-6-10-5-11(8-12)9-13(16)7-10/h2-4,10-13,16H,5-9H2,1H3,(H,20,21,22). The largest absolute Gasteiger partial charge is 0.494 e. The highest BCUT2D eigenvalue weighted by Gasteiger charge is 2.50. The summed E-state index contributed by atoms with van der Waals surface area (Å²) < 4.78 is 6.42. The number of aromatic nitrogens is 1. The summed E-state index contributed by atoms with van der Waals surface area (Å²) in [5.74, 6) is 4.15. The first-order valence-corrected chi connectivity index (χ1v) is 9.77. The number of hydrogen-bond donors (Lipinski definition) is 1. The van der Waals surface area contributed by atoms with Crippen molar-refractivity contribution in [1.82, 2.24) is 4.98 Å². The van der Waals surface area contributed by atoms with E-state index in [0.29, 0.717) is 17.0 Å². The zero-order valence-electron chi connectivity index (χ0n) is 13.8. The number of thiazole rings is 1. The highest BCUT2D eigenvalue weighted by molar-refractivity contribution is 7.22. The molecule has 126 valence electrons. The number of amides is 1. The Bertz CT molecular complexity index is 772. The van der Waals surface area contributed by atoms with E-state index in [1.165, 1.54) is 43.4 Å². The molecule has 24 heavy (non-hydrogen) atoms. The molecule has 4 fully saturated rings. The maximum atomic E-state index is 13.0. The molecule has 0 radical (unpaired) electrons. The predicted octanol–water partition coefficient (Wildman–Crippen LogP) is 4.32. The molecule has 5 heteroatoms. The van der Waals surface area contributed by atoms with Crippen molar-refractivity contribution in [3.8, 4) is 5.75 Å². The van der Waals surface area contributed by atoms with Crippen LogP contribution in [0.2, 0.25) is 0 Å². The first kappa shape index (κ1) is 14.7. The van der Waals surface area contributed by atoms with E-state index >= 15 is 0 Å². The van der Waals surface area contributed by atoms with Crippen LogP contribution in [0.1, 0.15) is 32.1 Å². The van der Waals surface area contributed by atoms with E-state index in [4.69, 9.17) is 4.74 Å². The monoisotopic (exact) mass is 342 g/mol.